The Morgan fingerprint density at radius 2 is 1.90 bits per heavy atom. The maximum Gasteiger partial charge on any atom is 0.241 e. The Hall–Kier alpha value is -1.11. The highest BCUT2D eigenvalue weighted by Crippen LogP contribution is 2.26. The second-order valence-electron chi connectivity index (χ2n) is 6.16. The molecule has 1 rings (SSSR count). The van der Waals surface area contributed by atoms with Gasteiger partial charge in [0.1, 0.15) is 0 Å². The monoisotopic (exact) mass is 314 g/mol. The van der Waals surface area contributed by atoms with Crippen LogP contribution in [-0.4, -0.2) is 28.7 Å². The fraction of sp³-hybridized carbons (Fsp3) is 0.600. The molecule has 0 aliphatic carbocycles. The van der Waals surface area contributed by atoms with Crippen LogP contribution >= 0.6 is 0 Å². The molecule has 0 saturated carbocycles. The van der Waals surface area contributed by atoms with Crippen LogP contribution in [0.5, 0.6) is 0 Å². The molecule has 0 heterocycles. The Morgan fingerprint density at radius 3 is 2.48 bits per heavy atom. The molecule has 0 bridgehead atoms. The Bertz CT molecular complexity index is 595. The molecular formula is C15H26N2O3S. The van der Waals surface area contributed by atoms with Gasteiger partial charge < -0.3 is 10.5 Å². The largest absolute Gasteiger partial charge is 0.398 e. The van der Waals surface area contributed by atoms with Gasteiger partial charge in [0.25, 0.3) is 0 Å². The van der Waals surface area contributed by atoms with Gasteiger partial charge in [0, 0.05) is 25.9 Å². The highest BCUT2D eigenvalue weighted by molar-refractivity contribution is 7.89. The number of methoxy groups -OCH3 is 1. The molecule has 0 atom stereocenters. The van der Waals surface area contributed by atoms with Crippen LogP contribution in [0.3, 0.4) is 0 Å². The van der Waals surface area contributed by atoms with Gasteiger partial charge >= 0.3 is 0 Å². The second-order valence-corrected chi connectivity index (χ2v) is 7.86. The van der Waals surface area contributed by atoms with Crippen molar-refractivity contribution in [2.45, 2.75) is 39.0 Å². The molecule has 21 heavy (non-hydrogen) atoms. The third-order valence-electron chi connectivity index (χ3n) is 3.64. The number of hydrogen-bond acceptors (Lipinski definition) is 4. The number of aryl methyl sites for hydroxylation is 1. The predicted octanol–water partition coefficient (Wildman–Crippen LogP) is 2.23. The first-order valence-corrected chi connectivity index (χ1v) is 8.43. The molecule has 0 aliphatic rings. The van der Waals surface area contributed by atoms with E-state index in [2.05, 4.69) is 4.72 Å². The summed E-state index contributed by atoms with van der Waals surface area (Å²) < 4.78 is 32.8. The zero-order chi connectivity index (χ0) is 16.3. The summed E-state index contributed by atoms with van der Waals surface area (Å²) in [6.07, 6.45) is 0.779. The number of hydrogen-bond donors (Lipinski definition) is 2. The number of rotatable bonds is 7. The minimum Gasteiger partial charge on any atom is -0.398 e. The molecule has 1 aromatic rings. The summed E-state index contributed by atoms with van der Waals surface area (Å²) in [5, 5.41) is 0. The lowest BCUT2D eigenvalue weighted by Crippen LogP contribution is -2.35. The molecule has 0 unspecified atom stereocenters. The SMILES string of the molecule is COCCC(C)(C)CNS(=O)(=O)c1c(C)ccc(N)c1C. The van der Waals surface area contributed by atoms with Crippen molar-refractivity contribution in [3.63, 3.8) is 0 Å². The van der Waals surface area contributed by atoms with Crippen LogP contribution in [0.4, 0.5) is 5.69 Å². The maximum absolute atomic E-state index is 12.5. The van der Waals surface area contributed by atoms with Crippen LogP contribution in [0.2, 0.25) is 0 Å². The van der Waals surface area contributed by atoms with Crippen LogP contribution in [0, 0.1) is 19.3 Å². The smallest absolute Gasteiger partial charge is 0.241 e. The standard InChI is InChI=1S/C15H26N2O3S/c1-11-6-7-13(16)12(2)14(11)21(18,19)17-10-15(3,4)8-9-20-5/h6-7,17H,8-10,16H2,1-5H3. The molecule has 0 amide bonds. The molecule has 3 N–H and O–H groups in total. The molecule has 0 fully saturated rings. The Morgan fingerprint density at radius 1 is 1.29 bits per heavy atom. The van der Waals surface area contributed by atoms with Crippen LogP contribution in [0.1, 0.15) is 31.4 Å². The van der Waals surface area contributed by atoms with E-state index in [0.29, 0.717) is 30.0 Å². The molecule has 0 radical (unpaired) electrons. The Kier molecular flexibility index (Phi) is 5.78. The number of nitrogen functional groups attached to an aromatic ring is 1. The lowest BCUT2D eigenvalue weighted by Gasteiger charge is -2.25. The highest BCUT2D eigenvalue weighted by Gasteiger charge is 2.25. The van der Waals surface area contributed by atoms with E-state index in [0.717, 1.165) is 6.42 Å². The van der Waals surface area contributed by atoms with Gasteiger partial charge in [-0.2, -0.15) is 0 Å². The first-order chi connectivity index (χ1) is 9.60. The minimum absolute atomic E-state index is 0.175. The van der Waals surface area contributed by atoms with Gasteiger partial charge in [-0.3, -0.25) is 0 Å². The molecule has 120 valence electrons. The van der Waals surface area contributed by atoms with E-state index < -0.39 is 10.0 Å². The topological polar surface area (TPSA) is 81.4 Å². The van der Waals surface area contributed by atoms with Gasteiger partial charge in [0.2, 0.25) is 10.0 Å². The second kappa shape index (κ2) is 6.77. The van der Waals surface area contributed by atoms with E-state index in [1.807, 2.05) is 13.8 Å². The summed E-state index contributed by atoms with van der Waals surface area (Å²) in [5.41, 5.74) is 7.43. The fourth-order valence-corrected chi connectivity index (χ4v) is 3.82. The number of nitrogens with one attached hydrogen (secondary N) is 1. The Balaban J connectivity index is 2.96. The average Bonchev–Trinajstić information content (AvgIpc) is 2.39. The maximum atomic E-state index is 12.5. The fourth-order valence-electron chi connectivity index (χ4n) is 2.09. The molecule has 0 aromatic heterocycles. The number of nitrogens with two attached hydrogens (primary N) is 1. The molecule has 1 aromatic carbocycles. The summed E-state index contributed by atoms with van der Waals surface area (Å²) in [6.45, 7) is 8.47. The number of sulfonamides is 1. The zero-order valence-electron chi connectivity index (χ0n) is 13.5. The molecule has 0 saturated heterocycles. The normalized spacial score (nSPS) is 12.6. The van der Waals surface area contributed by atoms with Crippen molar-refractivity contribution in [3.8, 4) is 0 Å². The van der Waals surface area contributed by atoms with Crippen molar-refractivity contribution in [1.82, 2.24) is 4.72 Å². The van der Waals surface area contributed by atoms with Crippen LogP contribution in [0.25, 0.3) is 0 Å². The van der Waals surface area contributed by atoms with E-state index in [1.165, 1.54) is 0 Å². The summed E-state index contributed by atoms with van der Waals surface area (Å²) >= 11 is 0. The van der Waals surface area contributed by atoms with E-state index >= 15 is 0 Å². The summed E-state index contributed by atoms with van der Waals surface area (Å²) in [4.78, 5) is 0.282. The average molecular weight is 314 g/mol. The van der Waals surface area contributed by atoms with Crippen molar-refractivity contribution in [2.75, 3.05) is 26.0 Å². The van der Waals surface area contributed by atoms with E-state index in [-0.39, 0.29) is 10.3 Å². The third kappa shape index (κ3) is 4.69. The van der Waals surface area contributed by atoms with Gasteiger partial charge in [-0.1, -0.05) is 19.9 Å². The molecule has 6 heteroatoms. The first-order valence-electron chi connectivity index (χ1n) is 6.95. The van der Waals surface area contributed by atoms with E-state index in [1.54, 1.807) is 33.1 Å². The molecule has 0 spiro atoms. The van der Waals surface area contributed by atoms with Crippen molar-refractivity contribution >= 4 is 15.7 Å². The number of anilines is 1. The zero-order valence-corrected chi connectivity index (χ0v) is 14.3. The van der Waals surface area contributed by atoms with Gasteiger partial charge in [-0.05, 0) is 42.9 Å². The minimum atomic E-state index is -3.57. The van der Waals surface area contributed by atoms with Gasteiger partial charge in [0.15, 0.2) is 0 Å². The lowest BCUT2D eigenvalue weighted by molar-refractivity contribution is 0.153. The lowest BCUT2D eigenvalue weighted by atomic mass is 9.90. The van der Waals surface area contributed by atoms with E-state index in [4.69, 9.17) is 10.5 Å². The van der Waals surface area contributed by atoms with Crippen LogP contribution < -0.4 is 10.5 Å². The molecule has 5 nitrogen and oxygen atoms in total. The quantitative estimate of drug-likeness (QED) is 0.756. The van der Waals surface area contributed by atoms with Crippen molar-refractivity contribution in [2.24, 2.45) is 5.41 Å². The van der Waals surface area contributed by atoms with Crippen molar-refractivity contribution in [1.29, 1.82) is 0 Å². The van der Waals surface area contributed by atoms with Crippen LogP contribution in [-0.2, 0) is 14.8 Å². The summed E-state index contributed by atoms with van der Waals surface area (Å²) in [7, 11) is -1.93. The van der Waals surface area contributed by atoms with Gasteiger partial charge in [-0.25, -0.2) is 13.1 Å². The van der Waals surface area contributed by atoms with Crippen LogP contribution in [0.15, 0.2) is 17.0 Å². The summed E-state index contributed by atoms with van der Waals surface area (Å²) in [5.74, 6) is 0. The van der Waals surface area contributed by atoms with Crippen molar-refractivity contribution in [3.05, 3.63) is 23.3 Å². The number of ether oxygens (including phenoxy) is 1. The highest BCUT2D eigenvalue weighted by atomic mass is 32.2. The first kappa shape index (κ1) is 17.9. The molecular weight excluding hydrogens is 288 g/mol. The molecule has 0 aliphatic heterocycles. The van der Waals surface area contributed by atoms with Gasteiger partial charge in [-0.15, -0.1) is 0 Å². The predicted molar refractivity (Wildman–Crippen MR) is 85.8 cm³/mol. The van der Waals surface area contributed by atoms with E-state index in [9.17, 15) is 8.42 Å². The third-order valence-corrected chi connectivity index (χ3v) is 5.33. The Labute approximate surface area is 127 Å². The summed E-state index contributed by atoms with van der Waals surface area (Å²) in [6, 6.07) is 3.46. The number of benzene rings is 1. The van der Waals surface area contributed by atoms with Crippen molar-refractivity contribution < 1.29 is 13.2 Å². The van der Waals surface area contributed by atoms with Gasteiger partial charge in [0.05, 0.1) is 4.90 Å².